The zero-order valence-corrected chi connectivity index (χ0v) is 1.22. The standard InChI is InChI=1S/CH4.3FH.GeH4/h1H4;3*1H;1H4. The monoisotopic (exact) mass is 154 g/mol. The van der Waals surface area contributed by atoms with Gasteiger partial charge in [-0.05, 0) is 0 Å². The van der Waals surface area contributed by atoms with Crippen LogP contribution in [-0.2, 0) is 0 Å². The van der Waals surface area contributed by atoms with Crippen LogP contribution >= 0.6 is 0 Å². The molecule has 0 aliphatic rings. The maximum absolute atomic E-state index is 0. The van der Waals surface area contributed by atoms with E-state index in [4.69, 9.17) is 0 Å². The molecule has 0 aromatic heterocycles. The van der Waals surface area contributed by atoms with Crippen molar-refractivity contribution in [1.82, 2.24) is 0 Å². The molecule has 0 unspecified atom stereocenters. The molecule has 0 nitrogen and oxygen atoms in total. The summed E-state index contributed by atoms with van der Waals surface area (Å²) in [6.45, 7) is 0. The third-order valence-corrected chi connectivity index (χ3v) is 0. The van der Waals surface area contributed by atoms with Gasteiger partial charge in [0.25, 0.3) is 0 Å². The molecule has 4 heteroatoms. The van der Waals surface area contributed by atoms with Gasteiger partial charge in [-0.25, -0.2) is 0 Å². The number of halogens is 3. The second-order valence-corrected chi connectivity index (χ2v) is 0. The van der Waals surface area contributed by atoms with E-state index in [0.717, 1.165) is 0 Å². The van der Waals surface area contributed by atoms with Crippen molar-refractivity contribution in [2.24, 2.45) is 0 Å². The van der Waals surface area contributed by atoms with Gasteiger partial charge in [0.1, 0.15) is 0 Å². The van der Waals surface area contributed by atoms with Crippen molar-refractivity contribution in [3.8, 4) is 0 Å². The zero-order valence-electron chi connectivity index (χ0n) is 1.22. The van der Waals surface area contributed by atoms with Crippen molar-refractivity contribution in [1.29, 1.82) is 0 Å². The Kier molecular flexibility index (Phi) is 78500. The number of hydrogen-bond donors (Lipinski definition) is 0. The van der Waals surface area contributed by atoms with Crippen molar-refractivity contribution in [3.05, 3.63) is 0 Å². The molecule has 0 spiro atoms. The molecule has 0 rings (SSSR count). The van der Waals surface area contributed by atoms with Crippen LogP contribution < -0.4 is 0 Å². The summed E-state index contributed by atoms with van der Waals surface area (Å²) < 4.78 is 0. The fourth-order valence-corrected chi connectivity index (χ4v) is 0. The molecule has 0 atom stereocenters. The average Bonchev–Trinajstić information content (AvgIpc) is 0. The Hall–Kier alpha value is 0.333. The number of rotatable bonds is 0. The molecule has 0 aromatic rings. The van der Waals surface area contributed by atoms with Crippen molar-refractivity contribution in [2.75, 3.05) is 0 Å². The van der Waals surface area contributed by atoms with Crippen LogP contribution in [0.2, 0.25) is 0 Å². The van der Waals surface area contributed by atoms with Crippen LogP contribution in [0.15, 0.2) is 0 Å². The molecular weight excluding hydrogens is 142 g/mol. The van der Waals surface area contributed by atoms with Crippen molar-refractivity contribution >= 4 is 17.6 Å². The van der Waals surface area contributed by atoms with Gasteiger partial charge in [0, 0.05) is 0 Å². The molecule has 0 aromatic carbocycles. The van der Waals surface area contributed by atoms with E-state index < -0.39 is 0 Å². The van der Waals surface area contributed by atoms with Gasteiger partial charge < -0.3 is 0 Å². The summed E-state index contributed by atoms with van der Waals surface area (Å²) in [5.41, 5.74) is 0. The Morgan fingerprint density at radius 2 is 0.600 bits per heavy atom. The van der Waals surface area contributed by atoms with E-state index in [0.29, 0.717) is 0 Å². The Morgan fingerprint density at radius 1 is 0.600 bits per heavy atom. The van der Waals surface area contributed by atoms with Crippen molar-refractivity contribution in [3.63, 3.8) is 0 Å². The van der Waals surface area contributed by atoms with E-state index in [1.54, 1.807) is 0 Å². The van der Waals surface area contributed by atoms with Crippen molar-refractivity contribution < 1.29 is 14.1 Å². The summed E-state index contributed by atoms with van der Waals surface area (Å²) in [5.74, 6) is 0. The first-order chi connectivity index (χ1) is 0. The fourth-order valence-electron chi connectivity index (χ4n) is 0. The van der Waals surface area contributed by atoms with E-state index in [1.165, 1.54) is 0 Å². The maximum atomic E-state index is 0. The molecule has 5 heavy (non-hydrogen) atoms. The van der Waals surface area contributed by atoms with Crippen molar-refractivity contribution in [2.45, 2.75) is 7.43 Å². The molecule has 0 heterocycles. The first-order valence-electron chi connectivity index (χ1n) is 0. The number of hydrogen-bond acceptors (Lipinski definition) is 0. The van der Waals surface area contributed by atoms with E-state index in [9.17, 15) is 0 Å². The van der Waals surface area contributed by atoms with Crippen LogP contribution in [0.25, 0.3) is 0 Å². The van der Waals surface area contributed by atoms with Gasteiger partial charge in [0.05, 0.1) is 0 Å². The van der Waals surface area contributed by atoms with E-state index in [-0.39, 0.29) is 39.1 Å². The van der Waals surface area contributed by atoms with Gasteiger partial charge in [-0.1, -0.05) is 7.43 Å². The quantitative estimate of drug-likeness (QED) is 0.416. The second kappa shape index (κ2) is 434. The third kappa shape index (κ3) is 213. The molecule has 40 valence electrons. The van der Waals surface area contributed by atoms with Gasteiger partial charge in [-0.3, -0.25) is 14.1 Å². The van der Waals surface area contributed by atoms with Gasteiger partial charge in [0.2, 0.25) is 0 Å². The van der Waals surface area contributed by atoms with Gasteiger partial charge >= 0.3 is 17.6 Å². The van der Waals surface area contributed by atoms with Crippen LogP contribution in [0.1, 0.15) is 7.43 Å². The fraction of sp³-hybridized carbons (Fsp3) is 1.00. The Bertz CT molecular complexity index is 6.85. The van der Waals surface area contributed by atoms with Gasteiger partial charge in [-0.2, -0.15) is 0 Å². The molecule has 0 fully saturated rings. The first-order valence-corrected chi connectivity index (χ1v) is 0. The molecule has 0 saturated heterocycles. The van der Waals surface area contributed by atoms with Gasteiger partial charge in [-0.15, -0.1) is 0 Å². The predicted molar refractivity (Wildman–Crippen MR) is 25.6 cm³/mol. The van der Waals surface area contributed by atoms with Gasteiger partial charge in [0.15, 0.2) is 0 Å². The molecule has 0 radical (unpaired) electrons. The normalized spacial score (nSPS) is 0. The summed E-state index contributed by atoms with van der Waals surface area (Å²) in [7, 11) is 0. The van der Waals surface area contributed by atoms with Crippen LogP contribution in [0.3, 0.4) is 0 Å². The van der Waals surface area contributed by atoms with E-state index in [2.05, 4.69) is 0 Å². The Morgan fingerprint density at radius 3 is 0.600 bits per heavy atom. The Balaban J connectivity index is 0. The SMILES string of the molecule is C.F.F.F.[GeH4]. The second-order valence-electron chi connectivity index (χ2n) is 0. The molecule has 0 aliphatic heterocycles. The summed E-state index contributed by atoms with van der Waals surface area (Å²) in [6, 6.07) is 0. The van der Waals surface area contributed by atoms with Crippen LogP contribution in [0.4, 0.5) is 14.1 Å². The third-order valence-electron chi connectivity index (χ3n) is 0. The molecule has 0 saturated carbocycles. The molecule has 0 bridgehead atoms. The average molecular weight is 153 g/mol. The molecule has 0 N–H and O–H groups in total. The molecule has 0 aliphatic carbocycles. The Labute approximate surface area is 40.0 Å². The minimum absolute atomic E-state index is 0. The van der Waals surface area contributed by atoms with E-state index in [1.807, 2.05) is 0 Å². The minimum atomic E-state index is 0. The van der Waals surface area contributed by atoms with Crippen LogP contribution in [0, 0.1) is 0 Å². The van der Waals surface area contributed by atoms with Crippen LogP contribution in [0.5, 0.6) is 0 Å². The first kappa shape index (κ1) is 904. The topological polar surface area (TPSA) is 0 Å². The predicted octanol–water partition coefficient (Wildman–Crippen LogP) is -0.358. The zero-order chi connectivity index (χ0) is 0. The molecule has 0 amide bonds. The van der Waals surface area contributed by atoms with Crippen LogP contribution in [-0.4, -0.2) is 17.6 Å². The summed E-state index contributed by atoms with van der Waals surface area (Å²) in [5, 5.41) is 0. The summed E-state index contributed by atoms with van der Waals surface area (Å²) in [4.78, 5) is 0. The summed E-state index contributed by atoms with van der Waals surface area (Å²) >= 11 is 0. The van der Waals surface area contributed by atoms with E-state index >= 15 is 0 Å². The molecular formula is CH11F3Ge. The summed E-state index contributed by atoms with van der Waals surface area (Å²) in [6.07, 6.45) is 0.